The lowest BCUT2D eigenvalue weighted by Gasteiger charge is -2.12. The van der Waals surface area contributed by atoms with E-state index in [1.165, 1.54) is 24.0 Å². The minimum absolute atomic E-state index is 0.0555. The van der Waals surface area contributed by atoms with Gasteiger partial charge in [0.25, 0.3) is 0 Å². The summed E-state index contributed by atoms with van der Waals surface area (Å²) in [5.74, 6) is -2.01. The zero-order valence-electron chi connectivity index (χ0n) is 13.3. The van der Waals surface area contributed by atoms with Gasteiger partial charge in [-0.2, -0.15) is 0 Å². The molecule has 0 aliphatic carbocycles. The smallest absolute Gasteiger partial charge is 0.239 e. The Morgan fingerprint density at radius 2 is 1.92 bits per heavy atom. The van der Waals surface area contributed by atoms with Crippen LogP contribution >= 0.6 is 11.6 Å². The lowest BCUT2D eigenvalue weighted by atomic mass is 10.0. The normalized spacial score (nSPS) is 10.7. The molecule has 7 heteroatoms. The van der Waals surface area contributed by atoms with Gasteiger partial charge in [0.2, 0.25) is 5.91 Å². The van der Waals surface area contributed by atoms with E-state index in [2.05, 4.69) is 10.3 Å². The van der Waals surface area contributed by atoms with E-state index in [1.54, 1.807) is 0 Å². The summed E-state index contributed by atoms with van der Waals surface area (Å²) in [6, 6.07) is 11.5. The summed E-state index contributed by atoms with van der Waals surface area (Å²) in [7, 11) is 1.51. The fourth-order valence-corrected chi connectivity index (χ4v) is 2.70. The average Bonchev–Trinajstić information content (AvgIpc) is 3.04. The van der Waals surface area contributed by atoms with Crippen LogP contribution < -0.4 is 5.32 Å². The van der Waals surface area contributed by atoms with E-state index in [0.717, 1.165) is 11.6 Å². The number of nitrogens with zero attached hydrogens (tertiary/aromatic N) is 2. The molecule has 2 aromatic carbocycles. The van der Waals surface area contributed by atoms with Crippen molar-refractivity contribution < 1.29 is 13.6 Å². The van der Waals surface area contributed by atoms with Crippen LogP contribution in [0.1, 0.15) is 0 Å². The van der Waals surface area contributed by atoms with Crippen molar-refractivity contribution >= 4 is 17.5 Å². The van der Waals surface area contributed by atoms with Gasteiger partial charge in [0.1, 0.15) is 17.4 Å². The van der Waals surface area contributed by atoms with E-state index in [-0.39, 0.29) is 18.0 Å². The van der Waals surface area contributed by atoms with Crippen LogP contribution in [0.15, 0.2) is 48.8 Å². The molecule has 0 aliphatic rings. The van der Waals surface area contributed by atoms with Gasteiger partial charge in [0.05, 0.1) is 17.7 Å². The molecule has 0 saturated heterocycles. The van der Waals surface area contributed by atoms with Gasteiger partial charge in [0, 0.05) is 18.2 Å². The summed E-state index contributed by atoms with van der Waals surface area (Å²) in [5.41, 5.74) is 1.65. The maximum Gasteiger partial charge on any atom is 0.239 e. The Bertz CT molecular complexity index is 926. The number of aromatic nitrogens is 2. The number of benzene rings is 2. The first-order valence-electron chi connectivity index (χ1n) is 7.48. The Labute approximate surface area is 148 Å². The van der Waals surface area contributed by atoms with Gasteiger partial charge in [-0.15, -0.1) is 0 Å². The predicted octanol–water partition coefficient (Wildman–Crippen LogP) is 3.89. The van der Waals surface area contributed by atoms with Crippen molar-refractivity contribution in [3.05, 3.63) is 65.4 Å². The standard InChI is InChI=1S/C18H14ClF2N3O/c1-22-14(25)9-24-10-23-17(11-5-3-2-4-6-11)18(24)12-7-8-13(20)15(19)16(12)21/h2-8,10H,9H2,1H3,(H,22,25). The molecule has 0 bridgehead atoms. The van der Waals surface area contributed by atoms with E-state index in [9.17, 15) is 13.6 Å². The van der Waals surface area contributed by atoms with Crippen LogP contribution in [0.4, 0.5) is 8.78 Å². The second-order valence-electron chi connectivity index (χ2n) is 5.33. The fraction of sp³-hybridized carbons (Fsp3) is 0.111. The zero-order valence-corrected chi connectivity index (χ0v) is 14.0. The van der Waals surface area contributed by atoms with E-state index in [0.29, 0.717) is 11.4 Å². The lowest BCUT2D eigenvalue weighted by molar-refractivity contribution is -0.121. The first-order valence-corrected chi connectivity index (χ1v) is 7.85. The maximum absolute atomic E-state index is 14.6. The number of hydrogen-bond acceptors (Lipinski definition) is 2. The SMILES string of the molecule is CNC(=O)Cn1cnc(-c2ccccc2)c1-c1ccc(F)c(Cl)c1F. The van der Waals surface area contributed by atoms with Gasteiger partial charge < -0.3 is 9.88 Å². The number of likely N-dealkylation sites (N-methyl/N-ethyl adjacent to an activating group) is 1. The van der Waals surface area contributed by atoms with Gasteiger partial charge >= 0.3 is 0 Å². The van der Waals surface area contributed by atoms with E-state index < -0.39 is 16.7 Å². The number of halogens is 3. The third-order valence-electron chi connectivity index (χ3n) is 3.77. The van der Waals surface area contributed by atoms with Gasteiger partial charge in [-0.1, -0.05) is 41.9 Å². The first-order chi connectivity index (χ1) is 12.0. The molecule has 0 unspecified atom stereocenters. The van der Waals surface area contributed by atoms with Crippen LogP contribution in [0.3, 0.4) is 0 Å². The number of nitrogens with one attached hydrogen (secondary N) is 1. The Morgan fingerprint density at radius 1 is 1.20 bits per heavy atom. The first kappa shape index (κ1) is 17.1. The average molecular weight is 362 g/mol. The van der Waals surface area contributed by atoms with Crippen LogP contribution in [0.25, 0.3) is 22.5 Å². The molecule has 3 rings (SSSR count). The topological polar surface area (TPSA) is 46.9 Å². The minimum atomic E-state index is -0.891. The zero-order chi connectivity index (χ0) is 18.0. The third kappa shape index (κ3) is 3.25. The Kier molecular flexibility index (Phi) is 4.81. The lowest BCUT2D eigenvalue weighted by Crippen LogP contribution is -2.23. The molecule has 1 heterocycles. The highest BCUT2D eigenvalue weighted by Crippen LogP contribution is 2.35. The molecule has 1 N–H and O–H groups in total. The molecule has 0 aliphatic heterocycles. The van der Waals surface area contributed by atoms with Crippen LogP contribution in [-0.4, -0.2) is 22.5 Å². The monoisotopic (exact) mass is 361 g/mol. The summed E-state index contributed by atoms with van der Waals surface area (Å²) < 4.78 is 29.6. The van der Waals surface area contributed by atoms with Crippen molar-refractivity contribution in [2.75, 3.05) is 7.05 Å². The molecule has 0 radical (unpaired) electrons. The molecule has 0 spiro atoms. The van der Waals surface area contributed by atoms with Crippen LogP contribution in [0, 0.1) is 11.6 Å². The molecule has 3 aromatic rings. The van der Waals surface area contributed by atoms with E-state index in [4.69, 9.17) is 11.6 Å². The molecule has 4 nitrogen and oxygen atoms in total. The van der Waals surface area contributed by atoms with E-state index in [1.807, 2.05) is 30.3 Å². The van der Waals surface area contributed by atoms with Crippen molar-refractivity contribution in [2.45, 2.75) is 6.54 Å². The van der Waals surface area contributed by atoms with Crippen molar-refractivity contribution in [3.63, 3.8) is 0 Å². The molecule has 0 atom stereocenters. The fourth-order valence-electron chi connectivity index (χ4n) is 2.53. The Balaban J connectivity index is 2.23. The molecule has 1 aromatic heterocycles. The molecular weight excluding hydrogens is 348 g/mol. The second kappa shape index (κ2) is 7.03. The minimum Gasteiger partial charge on any atom is -0.358 e. The molecule has 25 heavy (non-hydrogen) atoms. The number of amides is 1. The second-order valence-corrected chi connectivity index (χ2v) is 5.71. The molecule has 0 saturated carbocycles. The Hall–Kier alpha value is -2.73. The molecule has 1 amide bonds. The van der Waals surface area contributed by atoms with Crippen LogP contribution in [-0.2, 0) is 11.3 Å². The summed E-state index contributed by atoms with van der Waals surface area (Å²) in [5, 5.41) is 1.92. The van der Waals surface area contributed by atoms with Gasteiger partial charge in [-0.3, -0.25) is 4.79 Å². The highest BCUT2D eigenvalue weighted by molar-refractivity contribution is 6.31. The van der Waals surface area contributed by atoms with Gasteiger partial charge in [-0.25, -0.2) is 13.8 Å². The molecule has 128 valence electrons. The number of rotatable bonds is 4. The van der Waals surface area contributed by atoms with Gasteiger partial charge in [-0.05, 0) is 12.1 Å². The third-order valence-corrected chi connectivity index (χ3v) is 4.11. The van der Waals surface area contributed by atoms with Crippen LogP contribution in [0.2, 0.25) is 5.02 Å². The number of imidazole rings is 1. The summed E-state index contributed by atoms with van der Waals surface area (Å²) in [6.45, 7) is -0.0555. The molecule has 0 fully saturated rings. The summed E-state index contributed by atoms with van der Waals surface area (Å²) >= 11 is 5.72. The highest BCUT2D eigenvalue weighted by Gasteiger charge is 2.22. The number of carbonyl (C=O) groups is 1. The van der Waals surface area contributed by atoms with Crippen molar-refractivity contribution in [3.8, 4) is 22.5 Å². The predicted molar refractivity (Wildman–Crippen MR) is 92.1 cm³/mol. The summed E-state index contributed by atoms with van der Waals surface area (Å²) in [4.78, 5) is 16.1. The number of carbonyl (C=O) groups excluding carboxylic acids is 1. The van der Waals surface area contributed by atoms with Gasteiger partial charge in [0.15, 0.2) is 5.82 Å². The largest absolute Gasteiger partial charge is 0.358 e. The Morgan fingerprint density at radius 3 is 2.60 bits per heavy atom. The van der Waals surface area contributed by atoms with Crippen LogP contribution in [0.5, 0.6) is 0 Å². The van der Waals surface area contributed by atoms with E-state index >= 15 is 0 Å². The van der Waals surface area contributed by atoms with Crippen molar-refractivity contribution in [1.29, 1.82) is 0 Å². The molecular formula is C18H14ClF2N3O. The highest BCUT2D eigenvalue weighted by atomic mass is 35.5. The van der Waals surface area contributed by atoms with Crippen molar-refractivity contribution in [2.24, 2.45) is 0 Å². The summed E-state index contributed by atoms with van der Waals surface area (Å²) in [6.07, 6.45) is 1.45. The quantitative estimate of drug-likeness (QED) is 0.716. The number of hydrogen-bond donors (Lipinski definition) is 1. The van der Waals surface area contributed by atoms with Crippen molar-refractivity contribution in [1.82, 2.24) is 14.9 Å². The maximum atomic E-state index is 14.6.